The predicted molar refractivity (Wildman–Crippen MR) is 132 cm³/mol. The molecular weight excluding hydrogens is 408 g/mol. The topological polar surface area (TPSA) is 52.3 Å². The van der Waals surface area contributed by atoms with Crippen LogP contribution in [-0.2, 0) is 6.42 Å². The van der Waals surface area contributed by atoms with Crippen molar-refractivity contribution in [2.24, 2.45) is 0 Å². The molecule has 0 saturated carbocycles. The maximum atomic E-state index is 5.32. The van der Waals surface area contributed by atoms with Crippen LogP contribution in [0.15, 0.2) is 84.9 Å². The highest BCUT2D eigenvalue weighted by atomic mass is 16.5. The molecule has 0 bridgehead atoms. The summed E-state index contributed by atoms with van der Waals surface area (Å²) in [6.07, 6.45) is 0.757. The van der Waals surface area contributed by atoms with E-state index in [2.05, 4.69) is 41.7 Å². The van der Waals surface area contributed by atoms with Gasteiger partial charge < -0.3 is 4.74 Å². The molecule has 33 heavy (non-hydrogen) atoms. The van der Waals surface area contributed by atoms with E-state index in [1.54, 1.807) is 7.11 Å². The van der Waals surface area contributed by atoms with Crippen LogP contribution in [0.3, 0.4) is 0 Å². The number of aromatic nitrogens is 4. The van der Waals surface area contributed by atoms with Gasteiger partial charge in [-0.1, -0.05) is 54.6 Å². The number of benzene rings is 3. The van der Waals surface area contributed by atoms with Gasteiger partial charge in [-0.25, -0.2) is 15.0 Å². The minimum Gasteiger partial charge on any atom is -0.497 e. The number of hydrogen-bond acceptors (Lipinski definition) is 4. The molecular formula is C28H22N4O. The SMILES string of the molecule is COc1ccc(Cc2cc3c(C)nc(-c4ccccc4)nc3n3c2nc2ccccc23)cc1. The molecule has 0 atom stereocenters. The molecule has 0 unspecified atom stereocenters. The van der Waals surface area contributed by atoms with E-state index in [1.165, 1.54) is 5.56 Å². The van der Waals surface area contributed by atoms with Gasteiger partial charge in [0, 0.05) is 22.9 Å². The Labute approximate surface area is 191 Å². The number of para-hydroxylation sites is 2. The summed E-state index contributed by atoms with van der Waals surface area (Å²) in [5.74, 6) is 1.58. The Morgan fingerprint density at radius 3 is 2.33 bits per heavy atom. The van der Waals surface area contributed by atoms with Crippen LogP contribution in [0, 0.1) is 6.92 Å². The van der Waals surface area contributed by atoms with E-state index in [-0.39, 0.29) is 0 Å². The first kappa shape index (κ1) is 19.4. The summed E-state index contributed by atoms with van der Waals surface area (Å²) in [7, 11) is 1.68. The van der Waals surface area contributed by atoms with E-state index in [0.717, 1.165) is 62.5 Å². The summed E-state index contributed by atoms with van der Waals surface area (Å²) in [4.78, 5) is 14.9. The molecule has 3 aromatic heterocycles. The molecule has 160 valence electrons. The monoisotopic (exact) mass is 430 g/mol. The summed E-state index contributed by atoms with van der Waals surface area (Å²) in [5, 5.41) is 1.04. The highest BCUT2D eigenvalue weighted by Crippen LogP contribution is 2.30. The number of hydrogen-bond donors (Lipinski definition) is 0. The third kappa shape index (κ3) is 3.29. The molecule has 6 rings (SSSR count). The van der Waals surface area contributed by atoms with Gasteiger partial charge in [0.2, 0.25) is 0 Å². The number of pyridine rings is 1. The van der Waals surface area contributed by atoms with Crippen LogP contribution in [0.1, 0.15) is 16.8 Å². The predicted octanol–water partition coefficient (Wildman–Crippen LogP) is 6.01. The van der Waals surface area contributed by atoms with Crippen molar-refractivity contribution in [3.05, 3.63) is 102 Å². The summed E-state index contributed by atoms with van der Waals surface area (Å²) in [5.41, 5.74) is 8.10. The van der Waals surface area contributed by atoms with Gasteiger partial charge in [0.15, 0.2) is 11.5 Å². The first-order valence-corrected chi connectivity index (χ1v) is 11.0. The standard InChI is InChI=1S/C28H22N4O/c1-18-23-17-21(16-19-12-14-22(33-2)15-13-19)27-30-24-10-6-7-11-25(24)32(27)28(23)31-26(29-18)20-8-4-3-5-9-20/h3-15,17H,16H2,1-2H3. The second kappa shape index (κ2) is 7.71. The second-order valence-electron chi connectivity index (χ2n) is 8.19. The molecule has 3 aromatic carbocycles. The van der Waals surface area contributed by atoms with Gasteiger partial charge in [0.05, 0.1) is 23.8 Å². The highest BCUT2D eigenvalue weighted by molar-refractivity contribution is 5.91. The lowest BCUT2D eigenvalue weighted by molar-refractivity contribution is 0.414. The number of fused-ring (bicyclic) bond motifs is 5. The van der Waals surface area contributed by atoms with Crippen molar-refractivity contribution >= 4 is 27.7 Å². The number of methoxy groups -OCH3 is 1. The first-order chi connectivity index (χ1) is 16.2. The number of imidazole rings is 1. The van der Waals surface area contributed by atoms with Crippen molar-refractivity contribution in [1.82, 2.24) is 19.4 Å². The van der Waals surface area contributed by atoms with Crippen LogP contribution < -0.4 is 4.74 Å². The minimum atomic E-state index is 0.725. The molecule has 0 aliphatic rings. The zero-order valence-electron chi connectivity index (χ0n) is 18.5. The molecule has 0 fully saturated rings. The van der Waals surface area contributed by atoms with Crippen LogP contribution in [0.5, 0.6) is 5.75 Å². The Morgan fingerprint density at radius 1 is 0.788 bits per heavy atom. The second-order valence-corrected chi connectivity index (χ2v) is 8.19. The number of rotatable bonds is 4. The van der Waals surface area contributed by atoms with Crippen LogP contribution in [-0.4, -0.2) is 26.5 Å². The van der Waals surface area contributed by atoms with Crippen molar-refractivity contribution in [1.29, 1.82) is 0 Å². The third-order valence-corrected chi connectivity index (χ3v) is 6.08. The number of ether oxygens (including phenoxy) is 1. The van der Waals surface area contributed by atoms with Crippen molar-refractivity contribution in [2.45, 2.75) is 13.3 Å². The fourth-order valence-electron chi connectivity index (χ4n) is 4.41. The van der Waals surface area contributed by atoms with E-state index < -0.39 is 0 Å². The van der Waals surface area contributed by atoms with Gasteiger partial charge in [-0.15, -0.1) is 0 Å². The van der Waals surface area contributed by atoms with E-state index in [9.17, 15) is 0 Å². The Balaban J connectivity index is 1.64. The largest absolute Gasteiger partial charge is 0.497 e. The van der Waals surface area contributed by atoms with Crippen molar-refractivity contribution in [2.75, 3.05) is 7.11 Å². The van der Waals surface area contributed by atoms with Crippen LogP contribution in [0.25, 0.3) is 39.1 Å². The number of aryl methyl sites for hydroxylation is 1. The summed E-state index contributed by atoms with van der Waals surface area (Å²) >= 11 is 0. The average Bonchev–Trinajstić information content (AvgIpc) is 3.26. The molecule has 0 radical (unpaired) electrons. The third-order valence-electron chi connectivity index (χ3n) is 6.08. The molecule has 0 spiro atoms. The fourth-order valence-corrected chi connectivity index (χ4v) is 4.41. The molecule has 0 saturated heterocycles. The quantitative estimate of drug-likeness (QED) is 0.344. The molecule has 0 aliphatic heterocycles. The fraction of sp³-hybridized carbons (Fsp3) is 0.107. The summed E-state index contributed by atoms with van der Waals surface area (Å²) < 4.78 is 7.50. The van der Waals surface area contributed by atoms with Crippen LogP contribution in [0.2, 0.25) is 0 Å². The van der Waals surface area contributed by atoms with Gasteiger partial charge >= 0.3 is 0 Å². The van der Waals surface area contributed by atoms with Crippen LogP contribution >= 0.6 is 0 Å². The Hall–Kier alpha value is -4.25. The van der Waals surface area contributed by atoms with E-state index >= 15 is 0 Å². The minimum absolute atomic E-state index is 0.725. The maximum Gasteiger partial charge on any atom is 0.161 e. The molecule has 5 nitrogen and oxygen atoms in total. The maximum absolute atomic E-state index is 5.32. The Bertz CT molecular complexity index is 1620. The first-order valence-electron chi connectivity index (χ1n) is 11.0. The van der Waals surface area contributed by atoms with Crippen LogP contribution in [0.4, 0.5) is 0 Å². The highest BCUT2D eigenvalue weighted by Gasteiger charge is 2.17. The van der Waals surface area contributed by atoms with Gasteiger partial charge in [0.25, 0.3) is 0 Å². The zero-order chi connectivity index (χ0) is 22.4. The lowest BCUT2D eigenvalue weighted by atomic mass is 10.0. The summed E-state index contributed by atoms with van der Waals surface area (Å²) in [6, 6.07) is 28.7. The van der Waals surface area contributed by atoms with Crippen molar-refractivity contribution in [3.63, 3.8) is 0 Å². The lowest BCUT2D eigenvalue weighted by Gasteiger charge is -2.12. The molecule has 5 heteroatoms. The van der Waals surface area contributed by atoms with Gasteiger partial charge in [-0.2, -0.15) is 0 Å². The van der Waals surface area contributed by atoms with E-state index in [0.29, 0.717) is 0 Å². The molecule has 6 aromatic rings. The lowest BCUT2D eigenvalue weighted by Crippen LogP contribution is -2.02. The smallest absolute Gasteiger partial charge is 0.161 e. The van der Waals surface area contributed by atoms with Gasteiger partial charge in [0.1, 0.15) is 11.4 Å². The average molecular weight is 431 g/mol. The zero-order valence-corrected chi connectivity index (χ0v) is 18.5. The van der Waals surface area contributed by atoms with E-state index in [1.807, 2.05) is 54.6 Å². The molecule has 3 heterocycles. The molecule has 0 aliphatic carbocycles. The van der Waals surface area contributed by atoms with Crippen molar-refractivity contribution < 1.29 is 4.74 Å². The Morgan fingerprint density at radius 2 is 1.55 bits per heavy atom. The summed E-state index contributed by atoms with van der Waals surface area (Å²) in [6.45, 7) is 2.05. The van der Waals surface area contributed by atoms with Gasteiger partial charge in [-0.3, -0.25) is 4.40 Å². The molecule has 0 N–H and O–H groups in total. The molecule has 0 amide bonds. The number of nitrogens with zero attached hydrogens (tertiary/aromatic N) is 4. The van der Waals surface area contributed by atoms with Crippen molar-refractivity contribution in [3.8, 4) is 17.1 Å². The Kier molecular flexibility index (Phi) is 4.54. The van der Waals surface area contributed by atoms with Gasteiger partial charge in [-0.05, 0) is 42.8 Å². The normalized spacial score (nSPS) is 11.5. The van der Waals surface area contributed by atoms with E-state index in [4.69, 9.17) is 19.7 Å².